The van der Waals surface area contributed by atoms with Gasteiger partial charge in [-0.05, 0) is 51.3 Å². The van der Waals surface area contributed by atoms with Crippen molar-refractivity contribution in [3.8, 4) is 6.07 Å². The van der Waals surface area contributed by atoms with Gasteiger partial charge in [0.15, 0.2) is 0 Å². The van der Waals surface area contributed by atoms with Crippen LogP contribution in [0.15, 0.2) is 11.6 Å². The van der Waals surface area contributed by atoms with Gasteiger partial charge in [-0.2, -0.15) is 5.26 Å². The first-order chi connectivity index (χ1) is 14.4. The number of methoxy groups -OCH3 is 1. The summed E-state index contributed by atoms with van der Waals surface area (Å²) in [5.74, 6) is -0.267. The molecule has 1 aromatic heterocycles. The fraction of sp³-hybridized carbons (Fsp3) is 0.609. The van der Waals surface area contributed by atoms with Crippen molar-refractivity contribution in [3.05, 3.63) is 28.6 Å². The van der Waals surface area contributed by atoms with Crippen LogP contribution in [0.2, 0.25) is 0 Å². The second-order valence-electron chi connectivity index (χ2n) is 8.05. The number of ether oxygens (including phenoxy) is 1. The molecule has 1 unspecified atom stereocenters. The zero-order valence-corrected chi connectivity index (χ0v) is 18.6. The van der Waals surface area contributed by atoms with E-state index in [0.29, 0.717) is 19.7 Å². The number of nitrogens with one attached hydrogen (secondary N) is 2. The maximum atomic E-state index is 12.4. The zero-order chi connectivity index (χ0) is 22.1. The van der Waals surface area contributed by atoms with Crippen LogP contribution < -0.4 is 10.6 Å². The van der Waals surface area contributed by atoms with Crippen LogP contribution in [-0.4, -0.2) is 43.2 Å². The summed E-state index contributed by atoms with van der Waals surface area (Å²) >= 11 is 0. The van der Waals surface area contributed by atoms with Gasteiger partial charge in [0.1, 0.15) is 11.6 Å². The van der Waals surface area contributed by atoms with Crippen LogP contribution in [0.25, 0.3) is 6.08 Å². The number of carbonyl (C=O) groups excluding carboxylic acids is 2. The Bertz CT molecular complexity index is 813. The first-order valence-electron chi connectivity index (χ1n) is 10.7. The van der Waals surface area contributed by atoms with E-state index in [9.17, 15) is 14.9 Å². The van der Waals surface area contributed by atoms with E-state index < -0.39 is 5.91 Å². The molecule has 1 heterocycles. The van der Waals surface area contributed by atoms with Gasteiger partial charge in [-0.1, -0.05) is 19.3 Å². The van der Waals surface area contributed by atoms with Gasteiger partial charge in [0.2, 0.25) is 5.91 Å². The molecule has 2 rings (SSSR count). The first kappa shape index (κ1) is 23.7. The molecule has 164 valence electrons. The summed E-state index contributed by atoms with van der Waals surface area (Å²) in [7, 11) is 1.67. The van der Waals surface area contributed by atoms with Gasteiger partial charge in [-0.25, -0.2) is 0 Å². The third kappa shape index (κ3) is 6.20. The van der Waals surface area contributed by atoms with Crippen molar-refractivity contribution in [2.45, 2.75) is 58.9 Å². The number of amides is 2. The summed E-state index contributed by atoms with van der Waals surface area (Å²) in [4.78, 5) is 24.6. The largest absolute Gasteiger partial charge is 0.383 e. The SMILES string of the molecule is COCC(C)n1c(C)cc(/C=C(\C#N)C(=O)NCCNC(=O)C2CCCCC2)c1C. The molecule has 1 saturated carbocycles. The topological polar surface area (TPSA) is 96.2 Å². The highest BCUT2D eigenvalue weighted by Crippen LogP contribution is 2.24. The molecule has 1 aliphatic carbocycles. The summed E-state index contributed by atoms with van der Waals surface area (Å²) in [5.41, 5.74) is 2.92. The lowest BCUT2D eigenvalue weighted by Crippen LogP contribution is -2.38. The molecular formula is C23H34N4O3. The molecule has 2 amide bonds. The number of carbonyl (C=O) groups is 2. The van der Waals surface area contributed by atoms with E-state index in [2.05, 4.69) is 22.1 Å². The van der Waals surface area contributed by atoms with Gasteiger partial charge >= 0.3 is 0 Å². The molecule has 7 nitrogen and oxygen atoms in total. The smallest absolute Gasteiger partial charge is 0.262 e. The Morgan fingerprint density at radius 3 is 2.57 bits per heavy atom. The van der Waals surface area contributed by atoms with Gasteiger partial charge in [0, 0.05) is 37.5 Å². The molecule has 30 heavy (non-hydrogen) atoms. The highest BCUT2D eigenvalue weighted by molar-refractivity contribution is 6.01. The number of nitrogens with zero attached hydrogens (tertiary/aromatic N) is 2. The van der Waals surface area contributed by atoms with E-state index in [0.717, 1.165) is 42.6 Å². The maximum Gasteiger partial charge on any atom is 0.262 e. The lowest BCUT2D eigenvalue weighted by molar-refractivity contribution is -0.126. The van der Waals surface area contributed by atoms with Crippen LogP contribution in [0, 0.1) is 31.1 Å². The molecule has 0 aromatic carbocycles. The molecule has 7 heteroatoms. The predicted molar refractivity (Wildman–Crippen MR) is 117 cm³/mol. The van der Waals surface area contributed by atoms with Crippen LogP contribution in [0.3, 0.4) is 0 Å². The number of nitriles is 1. The lowest BCUT2D eigenvalue weighted by atomic mass is 9.89. The highest BCUT2D eigenvalue weighted by Gasteiger charge is 2.20. The molecule has 2 N–H and O–H groups in total. The standard InChI is InChI=1S/C23H34N4O3/c1-16-12-20(18(3)27(16)17(2)15-30-4)13-21(14-24)23(29)26-11-10-25-22(28)19-8-6-5-7-9-19/h12-13,17,19H,5-11,15H2,1-4H3,(H,25,28)(H,26,29)/b21-13+. The molecule has 1 fully saturated rings. The van der Waals surface area contributed by atoms with Crippen molar-refractivity contribution in [1.82, 2.24) is 15.2 Å². The number of aromatic nitrogens is 1. The second-order valence-corrected chi connectivity index (χ2v) is 8.05. The fourth-order valence-electron chi connectivity index (χ4n) is 4.21. The number of hydrogen-bond donors (Lipinski definition) is 2. The van der Waals surface area contributed by atoms with Crippen LogP contribution in [-0.2, 0) is 14.3 Å². The molecule has 1 atom stereocenters. The number of rotatable bonds is 9. The maximum absolute atomic E-state index is 12.4. The van der Waals surface area contributed by atoms with E-state index in [1.54, 1.807) is 13.2 Å². The average Bonchev–Trinajstić information content (AvgIpc) is 3.02. The number of aryl methyl sites for hydroxylation is 1. The van der Waals surface area contributed by atoms with Crippen molar-refractivity contribution >= 4 is 17.9 Å². The molecular weight excluding hydrogens is 380 g/mol. The summed E-state index contributed by atoms with van der Waals surface area (Å²) in [5, 5.41) is 15.1. The van der Waals surface area contributed by atoms with E-state index >= 15 is 0 Å². The van der Waals surface area contributed by atoms with E-state index in [1.807, 2.05) is 26.0 Å². The number of hydrogen-bond acceptors (Lipinski definition) is 4. The van der Waals surface area contributed by atoms with Crippen LogP contribution in [0.4, 0.5) is 0 Å². The highest BCUT2D eigenvalue weighted by atomic mass is 16.5. The van der Waals surface area contributed by atoms with Crippen molar-refractivity contribution in [1.29, 1.82) is 5.26 Å². The molecule has 1 aromatic rings. The summed E-state index contributed by atoms with van der Waals surface area (Å²) < 4.78 is 7.39. The molecule has 0 radical (unpaired) electrons. The zero-order valence-electron chi connectivity index (χ0n) is 18.6. The van der Waals surface area contributed by atoms with Crippen LogP contribution in [0.1, 0.15) is 62.0 Å². The first-order valence-corrected chi connectivity index (χ1v) is 10.7. The third-order valence-corrected chi connectivity index (χ3v) is 5.72. The minimum absolute atomic E-state index is 0.0493. The molecule has 0 spiro atoms. The van der Waals surface area contributed by atoms with Gasteiger partial charge < -0.3 is 19.9 Å². The fourth-order valence-corrected chi connectivity index (χ4v) is 4.21. The molecule has 0 saturated heterocycles. The Kier molecular flexibility index (Phi) is 9.13. The molecule has 1 aliphatic rings. The Balaban J connectivity index is 1.93. The minimum Gasteiger partial charge on any atom is -0.383 e. The predicted octanol–water partition coefficient (Wildman–Crippen LogP) is 3.03. The van der Waals surface area contributed by atoms with Crippen LogP contribution >= 0.6 is 0 Å². The summed E-state index contributed by atoms with van der Waals surface area (Å²) in [6.07, 6.45) is 6.93. The molecule has 0 aliphatic heterocycles. The monoisotopic (exact) mass is 414 g/mol. The third-order valence-electron chi connectivity index (χ3n) is 5.72. The normalized spacial score (nSPS) is 16.0. The Labute approximate surface area is 179 Å². The van der Waals surface area contributed by atoms with E-state index in [-0.39, 0.29) is 23.4 Å². The van der Waals surface area contributed by atoms with Gasteiger partial charge in [0.05, 0.1) is 12.6 Å². The Morgan fingerprint density at radius 2 is 1.93 bits per heavy atom. The lowest BCUT2D eigenvalue weighted by Gasteiger charge is -2.20. The van der Waals surface area contributed by atoms with Crippen molar-refractivity contribution in [3.63, 3.8) is 0 Å². The van der Waals surface area contributed by atoms with Crippen molar-refractivity contribution < 1.29 is 14.3 Å². The second kappa shape index (κ2) is 11.6. The van der Waals surface area contributed by atoms with E-state index in [4.69, 9.17) is 4.74 Å². The van der Waals surface area contributed by atoms with Crippen molar-refractivity contribution in [2.24, 2.45) is 5.92 Å². The Hall–Kier alpha value is -2.59. The Morgan fingerprint density at radius 1 is 1.27 bits per heavy atom. The quantitative estimate of drug-likeness (QED) is 0.369. The van der Waals surface area contributed by atoms with Crippen molar-refractivity contribution in [2.75, 3.05) is 26.8 Å². The van der Waals surface area contributed by atoms with Gasteiger partial charge in [-0.3, -0.25) is 9.59 Å². The molecule has 0 bridgehead atoms. The summed E-state index contributed by atoms with van der Waals surface area (Å²) in [6.45, 7) is 7.27. The summed E-state index contributed by atoms with van der Waals surface area (Å²) in [6, 6.07) is 4.12. The average molecular weight is 415 g/mol. The van der Waals surface area contributed by atoms with Gasteiger partial charge in [-0.15, -0.1) is 0 Å². The van der Waals surface area contributed by atoms with E-state index in [1.165, 1.54) is 6.42 Å². The van der Waals surface area contributed by atoms with Crippen LogP contribution in [0.5, 0.6) is 0 Å². The minimum atomic E-state index is -0.431. The van der Waals surface area contributed by atoms with Gasteiger partial charge in [0.25, 0.3) is 5.91 Å².